The van der Waals surface area contributed by atoms with Gasteiger partial charge in [0.15, 0.2) is 0 Å². The maximum absolute atomic E-state index is 14.8. The third-order valence-corrected chi connectivity index (χ3v) is 7.56. The predicted molar refractivity (Wildman–Crippen MR) is 142 cm³/mol. The topological polar surface area (TPSA) is 35.9 Å². The molecule has 186 valence electrons. The number of rotatable bonds is 6. The van der Waals surface area contributed by atoms with Crippen molar-refractivity contribution in [2.45, 2.75) is 45.6 Å². The maximum atomic E-state index is 14.8. The molecule has 1 saturated heterocycles. The highest BCUT2D eigenvalue weighted by atomic mass is 19.1. The SMILES string of the molecule is Cc1ccc(C2=NN(C(=O)CN3CCC(Cc4ccccc4)CC3)[C@@H](c3ccccc3F)C2)c(C)c1. The van der Waals surface area contributed by atoms with Crippen molar-refractivity contribution in [1.82, 2.24) is 9.91 Å². The molecular formula is C31H34FN3O. The Morgan fingerprint density at radius 1 is 0.972 bits per heavy atom. The van der Waals surface area contributed by atoms with E-state index in [-0.39, 0.29) is 11.7 Å². The van der Waals surface area contributed by atoms with Gasteiger partial charge in [-0.05, 0) is 69.3 Å². The lowest BCUT2D eigenvalue weighted by molar-refractivity contribution is -0.134. The van der Waals surface area contributed by atoms with Gasteiger partial charge in [-0.15, -0.1) is 0 Å². The summed E-state index contributed by atoms with van der Waals surface area (Å²) in [6, 6.07) is 23.2. The van der Waals surface area contributed by atoms with Gasteiger partial charge in [0.2, 0.25) is 0 Å². The van der Waals surface area contributed by atoms with Crippen LogP contribution in [0.3, 0.4) is 0 Å². The normalized spacial score (nSPS) is 18.9. The van der Waals surface area contributed by atoms with Gasteiger partial charge in [-0.1, -0.05) is 72.3 Å². The van der Waals surface area contributed by atoms with Gasteiger partial charge in [-0.25, -0.2) is 9.40 Å². The van der Waals surface area contributed by atoms with Crippen molar-refractivity contribution in [1.29, 1.82) is 0 Å². The van der Waals surface area contributed by atoms with Crippen LogP contribution in [0.15, 0.2) is 77.9 Å². The summed E-state index contributed by atoms with van der Waals surface area (Å²) in [6.45, 7) is 6.23. The standard InChI is InChI=1S/C31H34FN3O/c1-22-12-13-26(23(2)18-22)29-20-30(27-10-6-7-11-28(27)32)35(33-29)31(36)21-34-16-14-25(15-17-34)19-24-8-4-3-5-9-24/h3-13,18,25,30H,14-17,19-21H2,1-2H3/t30-/m1/s1. The highest BCUT2D eigenvalue weighted by Crippen LogP contribution is 2.35. The molecule has 0 aromatic heterocycles. The van der Waals surface area contributed by atoms with Crippen LogP contribution >= 0.6 is 0 Å². The van der Waals surface area contributed by atoms with Crippen LogP contribution in [0.1, 0.15) is 53.1 Å². The lowest BCUT2D eigenvalue weighted by atomic mass is 9.90. The molecule has 36 heavy (non-hydrogen) atoms. The summed E-state index contributed by atoms with van der Waals surface area (Å²) in [6.07, 6.45) is 3.76. The first-order valence-corrected chi connectivity index (χ1v) is 13.0. The van der Waals surface area contributed by atoms with Crippen molar-refractivity contribution >= 4 is 11.6 Å². The molecule has 2 aliphatic heterocycles. The smallest absolute Gasteiger partial charge is 0.257 e. The number of hydrogen-bond acceptors (Lipinski definition) is 3. The van der Waals surface area contributed by atoms with E-state index in [0.29, 0.717) is 24.4 Å². The molecule has 2 heterocycles. The quantitative estimate of drug-likeness (QED) is 0.426. The van der Waals surface area contributed by atoms with E-state index in [4.69, 9.17) is 5.10 Å². The summed E-state index contributed by atoms with van der Waals surface area (Å²) in [4.78, 5) is 15.8. The number of hydrogen-bond donors (Lipinski definition) is 0. The Morgan fingerprint density at radius 3 is 2.42 bits per heavy atom. The molecule has 0 N–H and O–H groups in total. The second-order valence-corrected chi connectivity index (χ2v) is 10.3. The van der Waals surface area contributed by atoms with Gasteiger partial charge in [0.05, 0.1) is 18.3 Å². The van der Waals surface area contributed by atoms with Crippen LogP contribution in [0.2, 0.25) is 0 Å². The van der Waals surface area contributed by atoms with E-state index in [9.17, 15) is 9.18 Å². The fourth-order valence-electron chi connectivity index (χ4n) is 5.59. The van der Waals surface area contributed by atoms with E-state index < -0.39 is 6.04 Å². The third-order valence-electron chi connectivity index (χ3n) is 7.56. The maximum Gasteiger partial charge on any atom is 0.257 e. The number of nitrogens with zero attached hydrogens (tertiary/aromatic N) is 3. The van der Waals surface area contributed by atoms with Gasteiger partial charge in [0.1, 0.15) is 5.82 Å². The first-order valence-electron chi connectivity index (χ1n) is 13.0. The van der Waals surface area contributed by atoms with Gasteiger partial charge in [0, 0.05) is 17.5 Å². The third kappa shape index (κ3) is 5.41. The molecule has 1 fully saturated rings. The molecule has 1 amide bonds. The zero-order valence-electron chi connectivity index (χ0n) is 21.2. The largest absolute Gasteiger partial charge is 0.294 e. The molecule has 0 saturated carbocycles. The molecule has 1 atom stereocenters. The fraction of sp³-hybridized carbons (Fsp3) is 0.355. The van der Waals surface area contributed by atoms with E-state index in [1.807, 2.05) is 6.07 Å². The average Bonchev–Trinajstić information content (AvgIpc) is 3.31. The van der Waals surface area contributed by atoms with E-state index in [0.717, 1.165) is 49.2 Å². The Balaban J connectivity index is 1.30. The van der Waals surface area contributed by atoms with Gasteiger partial charge in [-0.2, -0.15) is 5.10 Å². The molecule has 0 radical (unpaired) electrons. The molecule has 5 heteroatoms. The monoisotopic (exact) mass is 483 g/mol. The number of aryl methyl sites for hydroxylation is 2. The Hall–Kier alpha value is -3.31. The van der Waals surface area contributed by atoms with Crippen LogP contribution in [0.4, 0.5) is 4.39 Å². The lowest BCUT2D eigenvalue weighted by Crippen LogP contribution is -2.42. The van der Waals surface area contributed by atoms with Crippen LogP contribution in [0.25, 0.3) is 0 Å². The molecule has 3 aromatic rings. The molecule has 0 aliphatic carbocycles. The van der Waals surface area contributed by atoms with Gasteiger partial charge < -0.3 is 0 Å². The number of piperidine rings is 1. The average molecular weight is 484 g/mol. The minimum absolute atomic E-state index is 0.0653. The summed E-state index contributed by atoms with van der Waals surface area (Å²) >= 11 is 0. The van der Waals surface area contributed by atoms with Gasteiger partial charge in [0.25, 0.3) is 5.91 Å². The van der Waals surface area contributed by atoms with Crippen LogP contribution in [-0.4, -0.2) is 41.2 Å². The van der Waals surface area contributed by atoms with E-state index in [2.05, 4.69) is 67.3 Å². The number of halogens is 1. The highest BCUT2D eigenvalue weighted by Gasteiger charge is 2.36. The second kappa shape index (κ2) is 10.8. The Labute approximate surface area is 213 Å². The number of carbonyl (C=O) groups is 1. The molecule has 2 aliphatic rings. The van der Waals surface area contributed by atoms with Crippen LogP contribution < -0.4 is 0 Å². The minimum Gasteiger partial charge on any atom is -0.294 e. The van der Waals surface area contributed by atoms with Crippen LogP contribution in [-0.2, 0) is 11.2 Å². The summed E-state index contributed by atoms with van der Waals surface area (Å²) in [7, 11) is 0. The van der Waals surface area contributed by atoms with E-state index >= 15 is 0 Å². The minimum atomic E-state index is -0.426. The second-order valence-electron chi connectivity index (χ2n) is 10.3. The van der Waals surface area contributed by atoms with E-state index in [1.54, 1.807) is 17.1 Å². The Morgan fingerprint density at radius 2 is 1.69 bits per heavy atom. The van der Waals surface area contributed by atoms with Gasteiger partial charge >= 0.3 is 0 Å². The first-order chi connectivity index (χ1) is 17.5. The van der Waals surface area contributed by atoms with Crippen molar-refractivity contribution in [2.75, 3.05) is 19.6 Å². The number of carbonyl (C=O) groups excluding carboxylic acids is 1. The summed E-state index contributed by atoms with van der Waals surface area (Å²) in [5, 5.41) is 6.34. The molecule has 4 nitrogen and oxygen atoms in total. The molecular weight excluding hydrogens is 449 g/mol. The first kappa shape index (κ1) is 24.4. The van der Waals surface area contributed by atoms with Crippen molar-refractivity contribution in [2.24, 2.45) is 11.0 Å². The molecule has 5 rings (SSSR count). The Bertz CT molecular complexity index is 1250. The van der Waals surface area contributed by atoms with E-state index in [1.165, 1.54) is 17.2 Å². The van der Waals surface area contributed by atoms with Crippen LogP contribution in [0.5, 0.6) is 0 Å². The number of amides is 1. The van der Waals surface area contributed by atoms with Crippen molar-refractivity contribution in [3.8, 4) is 0 Å². The molecule has 3 aromatic carbocycles. The van der Waals surface area contributed by atoms with Crippen molar-refractivity contribution in [3.05, 3.63) is 106 Å². The molecule has 0 unspecified atom stereocenters. The summed E-state index contributed by atoms with van der Waals surface area (Å²) < 4.78 is 14.8. The molecule has 0 spiro atoms. The highest BCUT2D eigenvalue weighted by molar-refractivity contribution is 6.04. The number of likely N-dealkylation sites (tertiary alicyclic amines) is 1. The predicted octanol–water partition coefficient (Wildman–Crippen LogP) is 6.07. The zero-order valence-corrected chi connectivity index (χ0v) is 21.2. The van der Waals surface area contributed by atoms with Crippen molar-refractivity contribution < 1.29 is 9.18 Å². The lowest BCUT2D eigenvalue weighted by Gasteiger charge is -2.33. The summed E-state index contributed by atoms with van der Waals surface area (Å²) in [5.74, 6) is 0.287. The zero-order chi connectivity index (χ0) is 25.1. The van der Waals surface area contributed by atoms with Crippen LogP contribution in [0, 0.1) is 25.6 Å². The Kier molecular flexibility index (Phi) is 7.28. The number of hydrazone groups is 1. The number of benzene rings is 3. The van der Waals surface area contributed by atoms with Gasteiger partial charge in [-0.3, -0.25) is 9.69 Å². The molecule has 0 bridgehead atoms. The fourth-order valence-corrected chi connectivity index (χ4v) is 5.59. The van der Waals surface area contributed by atoms with Crippen molar-refractivity contribution in [3.63, 3.8) is 0 Å². The summed E-state index contributed by atoms with van der Waals surface area (Å²) in [5.41, 5.74) is 6.08.